The van der Waals surface area contributed by atoms with Crippen LogP contribution in [0.1, 0.15) is 58.3 Å². The molecule has 0 radical (unpaired) electrons. The van der Waals surface area contributed by atoms with Gasteiger partial charge in [0.05, 0.1) is 12.0 Å². The van der Waals surface area contributed by atoms with Crippen LogP contribution in [-0.4, -0.2) is 31.3 Å². The molecule has 0 aliphatic carbocycles. The van der Waals surface area contributed by atoms with Gasteiger partial charge in [-0.15, -0.1) is 5.10 Å². The van der Waals surface area contributed by atoms with E-state index in [1.807, 2.05) is 6.92 Å². The quantitative estimate of drug-likeness (QED) is 0.718. The second-order valence-corrected chi connectivity index (χ2v) is 4.72. The van der Waals surface area contributed by atoms with Crippen molar-refractivity contribution in [2.75, 3.05) is 0 Å². The molecule has 1 aromatic rings. The van der Waals surface area contributed by atoms with Crippen LogP contribution in [0.5, 0.6) is 0 Å². The van der Waals surface area contributed by atoms with E-state index in [0.29, 0.717) is 0 Å². The molecule has 0 saturated heterocycles. The molecule has 0 spiro atoms. The normalized spacial score (nSPS) is 14.4. The molecule has 6 heteroatoms. The maximum absolute atomic E-state index is 11.0. The third-order valence-corrected chi connectivity index (χ3v) is 3.31. The van der Waals surface area contributed by atoms with Gasteiger partial charge in [-0.05, 0) is 30.7 Å². The first-order valence-corrected chi connectivity index (χ1v) is 6.57. The summed E-state index contributed by atoms with van der Waals surface area (Å²) in [6.45, 7) is 5.68. The number of hydrogen-bond donors (Lipinski definition) is 1. The molecule has 1 rings (SSSR count). The number of nitrogens with zero attached hydrogens (tertiary/aromatic N) is 4. The minimum atomic E-state index is -0.824. The monoisotopic (exact) mass is 254 g/mol. The number of carboxylic acid groups (broad SMARTS) is 1. The van der Waals surface area contributed by atoms with Gasteiger partial charge in [-0.2, -0.15) is 0 Å². The number of tetrazole rings is 1. The van der Waals surface area contributed by atoms with E-state index in [0.717, 1.165) is 25.1 Å². The fraction of sp³-hybridized carbons (Fsp3) is 0.833. The van der Waals surface area contributed by atoms with Gasteiger partial charge in [-0.1, -0.05) is 26.2 Å². The van der Waals surface area contributed by atoms with Gasteiger partial charge in [0.25, 0.3) is 0 Å². The maximum Gasteiger partial charge on any atom is 0.308 e. The Morgan fingerprint density at radius 3 is 2.67 bits per heavy atom. The molecule has 6 nitrogen and oxygen atoms in total. The summed E-state index contributed by atoms with van der Waals surface area (Å²) in [5, 5.41) is 20.6. The summed E-state index contributed by atoms with van der Waals surface area (Å²) in [6.07, 6.45) is 5.42. The van der Waals surface area contributed by atoms with Gasteiger partial charge >= 0.3 is 5.97 Å². The van der Waals surface area contributed by atoms with Gasteiger partial charge in [0.15, 0.2) is 5.82 Å². The number of aliphatic carboxylic acids is 1. The van der Waals surface area contributed by atoms with Crippen molar-refractivity contribution in [3.8, 4) is 0 Å². The molecular formula is C12H22N4O2. The summed E-state index contributed by atoms with van der Waals surface area (Å²) in [5.74, 6) is -0.537. The number of carbonyl (C=O) groups is 1. The van der Waals surface area contributed by atoms with Gasteiger partial charge in [0, 0.05) is 6.42 Å². The zero-order chi connectivity index (χ0) is 13.5. The van der Waals surface area contributed by atoms with Crippen LogP contribution in [0.2, 0.25) is 0 Å². The molecule has 2 atom stereocenters. The molecule has 0 aliphatic heterocycles. The van der Waals surface area contributed by atoms with Gasteiger partial charge < -0.3 is 5.11 Å². The molecule has 1 heterocycles. The standard InChI is InChI=1S/C12H22N4O2/c1-4-5-6-7-8-11-13-14-15-16(11)10(3)9(2)12(17)18/h9-10H,4-8H2,1-3H3,(H,17,18). The Balaban J connectivity index is 2.61. The van der Waals surface area contributed by atoms with E-state index in [4.69, 9.17) is 5.11 Å². The SMILES string of the molecule is CCCCCCc1nnnn1C(C)C(C)C(=O)O. The summed E-state index contributed by atoms with van der Waals surface area (Å²) in [5.41, 5.74) is 0. The Labute approximate surface area is 107 Å². The lowest BCUT2D eigenvalue weighted by molar-refractivity contribution is -0.142. The first-order chi connectivity index (χ1) is 8.57. The predicted molar refractivity (Wildman–Crippen MR) is 67.2 cm³/mol. The minimum Gasteiger partial charge on any atom is -0.481 e. The molecule has 0 fully saturated rings. The molecule has 0 saturated carbocycles. The van der Waals surface area contributed by atoms with Crippen LogP contribution in [0.3, 0.4) is 0 Å². The fourth-order valence-corrected chi connectivity index (χ4v) is 1.82. The summed E-state index contributed by atoms with van der Waals surface area (Å²) >= 11 is 0. The van der Waals surface area contributed by atoms with Crippen molar-refractivity contribution in [1.29, 1.82) is 0 Å². The zero-order valence-corrected chi connectivity index (χ0v) is 11.3. The zero-order valence-electron chi connectivity index (χ0n) is 11.3. The topological polar surface area (TPSA) is 80.9 Å². The van der Waals surface area contributed by atoms with E-state index in [1.165, 1.54) is 12.8 Å². The number of aryl methyl sites for hydroxylation is 1. The number of hydrogen-bond acceptors (Lipinski definition) is 4. The Kier molecular flexibility index (Phi) is 5.74. The van der Waals surface area contributed by atoms with E-state index >= 15 is 0 Å². The molecule has 1 N–H and O–H groups in total. The van der Waals surface area contributed by atoms with Crippen molar-refractivity contribution in [3.05, 3.63) is 5.82 Å². The number of rotatable bonds is 8. The van der Waals surface area contributed by atoms with Crippen molar-refractivity contribution in [3.63, 3.8) is 0 Å². The molecular weight excluding hydrogens is 232 g/mol. The first kappa shape index (κ1) is 14.6. The largest absolute Gasteiger partial charge is 0.481 e. The van der Waals surface area contributed by atoms with Gasteiger partial charge in [0.2, 0.25) is 0 Å². The lowest BCUT2D eigenvalue weighted by Gasteiger charge is -2.17. The second kappa shape index (κ2) is 7.08. The van der Waals surface area contributed by atoms with Crippen LogP contribution in [0.4, 0.5) is 0 Å². The Morgan fingerprint density at radius 1 is 1.33 bits per heavy atom. The van der Waals surface area contributed by atoms with E-state index < -0.39 is 11.9 Å². The van der Waals surface area contributed by atoms with Gasteiger partial charge in [-0.3, -0.25) is 4.79 Å². The van der Waals surface area contributed by atoms with Gasteiger partial charge in [0.1, 0.15) is 0 Å². The molecule has 0 aromatic carbocycles. The lowest BCUT2D eigenvalue weighted by atomic mass is 10.0. The number of carboxylic acids is 1. The Bertz CT molecular complexity index is 378. The smallest absolute Gasteiger partial charge is 0.308 e. The van der Waals surface area contributed by atoms with E-state index in [2.05, 4.69) is 22.4 Å². The van der Waals surface area contributed by atoms with Crippen LogP contribution in [0.15, 0.2) is 0 Å². The number of aromatic nitrogens is 4. The highest BCUT2D eigenvalue weighted by atomic mass is 16.4. The highest BCUT2D eigenvalue weighted by Gasteiger charge is 2.24. The van der Waals surface area contributed by atoms with Crippen LogP contribution in [0.25, 0.3) is 0 Å². The molecule has 18 heavy (non-hydrogen) atoms. The van der Waals surface area contributed by atoms with Crippen molar-refractivity contribution in [2.45, 2.75) is 58.9 Å². The van der Waals surface area contributed by atoms with Gasteiger partial charge in [-0.25, -0.2) is 4.68 Å². The lowest BCUT2D eigenvalue weighted by Crippen LogP contribution is -2.24. The third-order valence-electron chi connectivity index (χ3n) is 3.31. The van der Waals surface area contributed by atoms with Crippen LogP contribution in [0, 0.1) is 5.92 Å². The van der Waals surface area contributed by atoms with Crippen molar-refractivity contribution in [1.82, 2.24) is 20.2 Å². The molecule has 2 unspecified atom stereocenters. The summed E-state index contributed by atoms with van der Waals surface area (Å²) in [6, 6.07) is -0.223. The minimum absolute atomic E-state index is 0.223. The highest BCUT2D eigenvalue weighted by Crippen LogP contribution is 2.18. The van der Waals surface area contributed by atoms with Crippen LogP contribution < -0.4 is 0 Å². The van der Waals surface area contributed by atoms with Crippen LogP contribution >= 0.6 is 0 Å². The van der Waals surface area contributed by atoms with E-state index in [9.17, 15) is 4.79 Å². The first-order valence-electron chi connectivity index (χ1n) is 6.57. The summed E-state index contributed by atoms with van der Waals surface area (Å²) in [4.78, 5) is 11.0. The van der Waals surface area contributed by atoms with Crippen molar-refractivity contribution in [2.24, 2.45) is 5.92 Å². The van der Waals surface area contributed by atoms with Crippen LogP contribution in [-0.2, 0) is 11.2 Å². The summed E-state index contributed by atoms with van der Waals surface area (Å²) < 4.78 is 1.64. The molecule has 1 aromatic heterocycles. The molecule has 0 bridgehead atoms. The van der Waals surface area contributed by atoms with Crippen molar-refractivity contribution >= 4 is 5.97 Å². The predicted octanol–water partition coefficient (Wildman–Crippen LogP) is 2.08. The summed E-state index contributed by atoms with van der Waals surface area (Å²) in [7, 11) is 0. The fourth-order valence-electron chi connectivity index (χ4n) is 1.82. The molecule has 0 aliphatic rings. The van der Waals surface area contributed by atoms with E-state index in [-0.39, 0.29) is 6.04 Å². The average molecular weight is 254 g/mol. The Morgan fingerprint density at radius 2 is 2.06 bits per heavy atom. The molecule has 102 valence electrons. The maximum atomic E-state index is 11.0. The van der Waals surface area contributed by atoms with E-state index in [1.54, 1.807) is 11.6 Å². The highest BCUT2D eigenvalue weighted by molar-refractivity contribution is 5.70. The molecule has 0 amide bonds. The Hall–Kier alpha value is -1.46. The number of unbranched alkanes of at least 4 members (excludes halogenated alkanes) is 3. The third kappa shape index (κ3) is 3.78. The second-order valence-electron chi connectivity index (χ2n) is 4.72. The van der Waals surface area contributed by atoms with Crippen molar-refractivity contribution < 1.29 is 9.90 Å². The average Bonchev–Trinajstić information content (AvgIpc) is 2.81.